The van der Waals surface area contributed by atoms with Crippen LogP contribution in [0.5, 0.6) is 0 Å². The standard InChI is InChI=1S/C19H29N3O4S/c1-13-12-22(27(24,25)15-5-3-2-4-6-15)10-9-16(13)20-19(23)17-11-18(26-21-17)14-7-8-14/h11,13-16H,2-10,12H2,1H3,(H,20,23)/t13-,16+/m0/s1. The zero-order valence-corrected chi connectivity index (χ0v) is 16.7. The molecular weight excluding hydrogens is 366 g/mol. The van der Waals surface area contributed by atoms with Crippen LogP contribution in [0.15, 0.2) is 10.6 Å². The summed E-state index contributed by atoms with van der Waals surface area (Å²) >= 11 is 0. The molecule has 1 N–H and O–H groups in total. The van der Waals surface area contributed by atoms with E-state index >= 15 is 0 Å². The van der Waals surface area contributed by atoms with Gasteiger partial charge in [0.2, 0.25) is 10.0 Å². The maximum atomic E-state index is 12.9. The second-order valence-electron chi connectivity index (χ2n) is 8.40. The van der Waals surface area contributed by atoms with Gasteiger partial charge in [0.05, 0.1) is 5.25 Å². The third kappa shape index (κ3) is 4.06. The maximum Gasteiger partial charge on any atom is 0.273 e. The molecule has 150 valence electrons. The van der Waals surface area contributed by atoms with Crippen molar-refractivity contribution < 1.29 is 17.7 Å². The minimum absolute atomic E-state index is 0.0450. The van der Waals surface area contributed by atoms with Crippen LogP contribution in [0.1, 0.15) is 80.5 Å². The molecule has 0 unspecified atom stereocenters. The van der Waals surface area contributed by atoms with E-state index in [2.05, 4.69) is 10.5 Å². The molecule has 3 aliphatic rings. The highest BCUT2D eigenvalue weighted by Crippen LogP contribution is 2.40. The van der Waals surface area contributed by atoms with Crippen LogP contribution in [-0.2, 0) is 10.0 Å². The van der Waals surface area contributed by atoms with E-state index < -0.39 is 10.0 Å². The lowest BCUT2D eigenvalue weighted by atomic mass is 9.95. The minimum atomic E-state index is -3.23. The molecule has 2 atom stereocenters. The molecule has 1 saturated heterocycles. The first-order valence-corrected chi connectivity index (χ1v) is 11.7. The number of nitrogens with one attached hydrogen (secondary N) is 1. The average Bonchev–Trinajstić information content (AvgIpc) is 3.40. The van der Waals surface area contributed by atoms with Gasteiger partial charge in [0.15, 0.2) is 5.69 Å². The third-order valence-electron chi connectivity index (χ3n) is 6.26. The van der Waals surface area contributed by atoms with Gasteiger partial charge in [-0.05, 0) is 38.0 Å². The van der Waals surface area contributed by atoms with Crippen molar-refractivity contribution in [1.82, 2.24) is 14.8 Å². The van der Waals surface area contributed by atoms with Gasteiger partial charge < -0.3 is 9.84 Å². The zero-order chi connectivity index (χ0) is 19.0. The summed E-state index contributed by atoms with van der Waals surface area (Å²) < 4.78 is 32.8. The van der Waals surface area contributed by atoms with Crippen LogP contribution in [0.4, 0.5) is 0 Å². The summed E-state index contributed by atoms with van der Waals surface area (Å²) in [6.45, 7) is 2.95. The first-order chi connectivity index (χ1) is 12.9. The Kier molecular flexibility index (Phi) is 5.29. The molecule has 0 aromatic carbocycles. The van der Waals surface area contributed by atoms with Crippen molar-refractivity contribution in [3.05, 3.63) is 17.5 Å². The molecule has 3 fully saturated rings. The summed E-state index contributed by atoms with van der Waals surface area (Å²) in [7, 11) is -3.23. The Balaban J connectivity index is 1.34. The van der Waals surface area contributed by atoms with Gasteiger partial charge in [-0.3, -0.25) is 4.79 Å². The molecule has 2 heterocycles. The average molecular weight is 396 g/mol. The Labute approximate surface area is 160 Å². The molecule has 2 aliphatic carbocycles. The number of hydrogen-bond donors (Lipinski definition) is 1. The lowest BCUT2D eigenvalue weighted by molar-refractivity contribution is 0.0891. The number of carbonyl (C=O) groups is 1. The molecule has 27 heavy (non-hydrogen) atoms. The number of piperidine rings is 1. The lowest BCUT2D eigenvalue weighted by Gasteiger charge is -2.38. The van der Waals surface area contributed by atoms with Crippen molar-refractivity contribution in [2.75, 3.05) is 13.1 Å². The number of rotatable bonds is 5. The van der Waals surface area contributed by atoms with Gasteiger partial charge >= 0.3 is 0 Å². The van der Waals surface area contributed by atoms with E-state index in [1.807, 2.05) is 6.92 Å². The second-order valence-corrected chi connectivity index (χ2v) is 10.6. The Morgan fingerprint density at radius 3 is 2.59 bits per heavy atom. The summed E-state index contributed by atoms with van der Waals surface area (Å²) in [6, 6.07) is 1.69. The molecule has 4 rings (SSSR count). The van der Waals surface area contributed by atoms with Crippen LogP contribution < -0.4 is 5.32 Å². The van der Waals surface area contributed by atoms with Crippen molar-refractivity contribution in [3.8, 4) is 0 Å². The van der Waals surface area contributed by atoms with Crippen LogP contribution >= 0.6 is 0 Å². The van der Waals surface area contributed by atoms with Crippen molar-refractivity contribution in [1.29, 1.82) is 0 Å². The normalized spacial score (nSPS) is 28.2. The molecule has 1 aromatic heterocycles. The van der Waals surface area contributed by atoms with Crippen molar-refractivity contribution in [3.63, 3.8) is 0 Å². The number of sulfonamides is 1. The van der Waals surface area contributed by atoms with Crippen molar-refractivity contribution >= 4 is 15.9 Å². The van der Waals surface area contributed by atoms with E-state index in [0.717, 1.165) is 50.7 Å². The second kappa shape index (κ2) is 7.54. The van der Waals surface area contributed by atoms with Gasteiger partial charge in [0, 0.05) is 31.1 Å². The molecule has 1 amide bonds. The van der Waals surface area contributed by atoms with E-state index in [4.69, 9.17) is 4.52 Å². The number of hydrogen-bond acceptors (Lipinski definition) is 5. The largest absolute Gasteiger partial charge is 0.360 e. The third-order valence-corrected chi connectivity index (χ3v) is 8.62. The van der Waals surface area contributed by atoms with Crippen molar-refractivity contribution in [2.24, 2.45) is 5.92 Å². The van der Waals surface area contributed by atoms with Gasteiger partial charge in [-0.2, -0.15) is 0 Å². The topological polar surface area (TPSA) is 92.5 Å². The molecule has 0 bridgehead atoms. The maximum absolute atomic E-state index is 12.9. The summed E-state index contributed by atoms with van der Waals surface area (Å²) in [5, 5.41) is 6.69. The smallest absolute Gasteiger partial charge is 0.273 e. The number of aromatic nitrogens is 1. The van der Waals surface area contributed by atoms with Gasteiger partial charge in [-0.1, -0.05) is 31.3 Å². The number of nitrogens with zero attached hydrogens (tertiary/aromatic N) is 2. The fourth-order valence-corrected chi connectivity index (χ4v) is 6.48. The van der Waals surface area contributed by atoms with E-state index in [1.54, 1.807) is 10.4 Å². The van der Waals surface area contributed by atoms with E-state index in [0.29, 0.717) is 31.1 Å². The summed E-state index contributed by atoms with van der Waals surface area (Å²) in [4.78, 5) is 12.5. The molecule has 1 aliphatic heterocycles. The monoisotopic (exact) mass is 395 g/mol. The number of amides is 1. The Bertz CT molecular complexity index is 781. The van der Waals surface area contributed by atoms with Gasteiger partial charge in [0.25, 0.3) is 5.91 Å². The predicted octanol–water partition coefficient (Wildman–Crippen LogP) is 2.65. The van der Waals surface area contributed by atoms with Gasteiger partial charge in [-0.15, -0.1) is 0 Å². The molecular formula is C19H29N3O4S. The summed E-state index contributed by atoms with van der Waals surface area (Å²) in [5.41, 5.74) is 0.321. The predicted molar refractivity (Wildman–Crippen MR) is 101 cm³/mol. The Hall–Kier alpha value is -1.41. The Morgan fingerprint density at radius 2 is 1.93 bits per heavy atom. The molecule has 2 saturated carbocycles. The van der Waals surface area contributed by atoms with E-state index in [-0.39, 0.29) is 23.1 Å². The molecule has 0 radical (unpaired) electrons. The molecule has 7 nitrogen and oxygen atoms in total. The first kappa shape index (κ1) is 18.9. The minimum Gasteiger partial charge on any atom is -0.360 e. The van der Waals surface area contributed by atoms with E-state index in [1.165, 1.54) is 0 Å². The van der Waals surface area contributed by atoms with E-state index in [9.17, 15) is 13.2 Å². The quantitative estimate of drug-likeness (QED) is 0.827. The van der Waals surface area contributed by atoms with Crippen LogP contribution in [0.2, 0.25) is 0 Å². The summed E-state index contributed by atoms with van der Waals surface area (Å²) in [6.07, 6.45) is 7.54. The highest BCUT2D eigenvalue weighted by molar-refractivity contribution is 7.89. The van der Waals surface area contributed by atoms with Gasteiger partial charge in [0.1, 0.15) is 5.76 Å². The van der Waals surface area contributed by atoms with Crippen LogP contribution in [-0.4, -0.2) is 48.2 Å². The lowest BCUT2D eigenvalue weighted by Crippen LogP contribution is -2.53. The van der Waals surface area contributed by atoms with Crippen LogP contribution in [0.3, 0.4) is 0 Å². The molecule has 8 heteroatoms. The van der Waals surface area contributed by atoms with Gasteiger partial charge in [-0.25, -0.2) is 12.7 Å². The van der Waals surface area contributed by atoms with Crippen molar-refractivity contribution in [2.45, 2.75) is 75.5 Å². The fourth-order valence-electron chi connectivity index (χ4n) is 4.33. The molecule has 1 aromatic rings. The summed E-state index contributed by atoms with van der Waals surface area (Å²) in [5.74, 6) is 1.05. The molecule has 0 spiro atoms. The highest BCUT2D eigenvalue weighted by atomic mass is 32.2. The fraction of sp³-hybridized carbons (Fsp3) is 0.789. The zero-order valence-electron chi connectivity index (χ0n) is 15.9. The number of carbonyl (C=O) groups excluding carboxylic acids is 1. The first-order valence-electron chi connectivity index (χ1n) is 10.2. The van der Waals surface area contributed by atoms with Crippen LogP contribution in [0, 0.1) is 5.92 Å². The van der Waals surface area contributed by atoms with Crippen LogP contribution in [0.25, 0.3) is 0 Å². The SMILES string of the molecule is C[C@H]1CN(S(=O)(=O)C2CCCCC2)CC[C@H]1NC(=O)c1cc(C2CC2)on1. The highest BCUT2D eigenvalue weighted by Gasteiger charge is 2.38. The Morgan fingerprint density at radius 1 is 1.19 bits per heavy atom.